The first kappa shape index (κ1) is 20.9. The zero-order valence-electron chi connectivity index (χ0n) is 16.9. The maximum absolute atomic E-state index is 12.6. The minimum Gasteiger partial charge on any atom is -0.326 e. The molecule has 0 aliphatic carbocycles. The number of rotatable bonds is 5. The number of fused-ring (bicyclic) bond motifs is 1. The van der Waals surface area contributed by atoms with E-state index in [2.05, 4.69) is 10.6 Å². The van der Waals surface area contributed by atoms with E-state index >= 15 is 0 Å². The Morgan fingerprint density at radius 2 is 1.62 bits per heavy atom. The monoisotopic (exact) mass is 415 g/mol. The van der Waals surface area contributed by atoms with Gasteiger partial charge in [-0.25, -0.2) is 8.42 Å². The van der Waals surface area contributed by atoms with Gasteiger partial charge in [0.15, 0.2) is 0 Å². The Balaban J connectivity index is 1.72. The molecule has 7 nitrogen and oxygen atoms in total. The first-order valence-electron chi connectivity index (χ1n) is 9.41. The van der Waals surface area contributed by atoms with Gasteiger partial charge < -0.3 is 10.6 Å². The lowest BCUT2D eigenvalue weighted by molar-refractivity contribution is -0.118. The second-order valence-electron chi connectivity index (χ2n) is 7.63. The minimum atomic E-state index is -3.36. The normalized spacial score (nSPS) is 15.9. The Morgan fingerprint density at radius 3 is 2.17 bits per heavy atom. The lowest BCUT2D eigenvalue weighted by Crippen LogP contribution is -2.34. The molecule has 0 saturated carbocycles. The van der Waals surface area contributed by atoms with Crippen molar-refractivity contribution in [3.8, 4) is 0 Å². The lowest BCUT2D eigenvalue weighted by Gasteiger charge is -2.21. The number of anilines is 3. The van der Waals surface area contributed by atoms with Crippen LogP contribution in [0.3, 0.4) is 0 Å². The van der Waals surface area contributed by atoms with Crippen molar-refractivity contribution >= 4 is 38.9 Å². The summed E-state index contributed by atoms with van der Waals surface area (Å²) < 4.78 is 25.4. The van der Waals surface area contributed by atoms with Crippen LogP contribution in [0, 0.1) is 5.92 Å². The summed E-state index contributed by atoms with van der Waals surface area (Å²) in [7, 11) is -3.36. The van der Waals surface area contributed by atoms with Gasteiger partial charge >= 0.3 is 0 Å². The van der Waals surface area contributed by atoms with E-state index < -0.39 is 10.0 Å². The number of amides is 2. The average molecular weight is 416 g/mol. The molecule has 0 saturated heterocycles. The van der Waals surface area contributed by atoms with Gasteiger partial charge in [-0.15, -0.1) is 0 Å². The van der Waals surface area contributed by atoms with E-state index in [4.69, 9.17) is 0 Å². The maximum atomic E-state index is 12.6. The number of sulfonamides is 1. The molecule has 2 aromatic rings. The van der Waals surface area contributed by atoms with Gasteiger partial charge in [0.25, 0.3) is 5.91 Å². The SMILES string of the molecule is CC(C)C(=O)Nc1ccc(NC(=O)c2ccc3c(c2)CC(C)N3S(C)(=O)=O)cc1. The number of carbonyl (C=O) groups is 2. The van der Waals surface area contributed by atoms with Gasteiger partial charge in [-0.3, -0.25) is 13.9 Å². The van der Waals surface area contributed by atoms with Crippen molar-refractivity contribution in [2.75, 3.05) is 21.2 Å². The second kappa shape index (κ2) is 7.87. The van der Waals surface area contributed by atoms with E-state index in [0.29, 0.717) is 29.0 Å². The maximum Gasteiger partial charge on any atom is 0.255 e. The minimum absolute atomic E-state index is 0.0720. The smallest absolute Gasteiger partial charge is 0.255 e. The molecule has 0 spiro atoms. The van der Waals surface area contributed by atoms with E-state index in [1.54, 1.807) is 42.5 Å². The Labute approximate surface area is 171 Å². The van der Waals surface area contributed by atoms with Crippen molar-refractivity contribution < 1.29 is 18.0 Å². The largest absolute Gasteiger partial charge is 0.326 e. The molecule has 1 unspecified atom stereocenters. The molecule has 0 radical (unpaired) electrons. The molecule has 154 valence electrons. The van der Waals surface area contributed by atoms with Crippen LogP contribution in [0.15, 0.2) is 42.5 Å². The Bertz CT molecular complexity index is 1050. The third-order valence-electron chi connectivity index (χ3n) is 4.79. The van der Waals surface area contributed by atoms with Crippen LogP contribution < -0.4 is 14.9 Å². The van der Waals surface area contributed by atoms with Gasteiger partial charge in [0, 0.05) is 28.9 Å². The third-order valence-corrected chi connectivity index (χ3v) is 6.06. The highest BCUT2D eigenvalue weighted by atomic mass is 32.2. The Hall–Kier alpha value is -2.87. The summed E-state index contributed by atoms with van der Waals surface area (Å²) in [5, 5.41) is 5.62. The van der Waals surface area contributed by atoms with E-state index in [1.165, 1.54) is 10.6 Å². The Kier molecular flexibility index (Phi) is 5.66. The summed E-state index contributed by atoms with van der Waals surface area (Å²) in [6, 6.07) is 11.8. The van der Waals surface area contributed by atoms with Gasteiger partial charge in [0.1, 0.15) is 0 Å². The van der Waals surface area contributed by atoms with Gasteiger partial charge in [-0.1, -0.05) is 13.8 Å². The molecule has 2 amide bonds. The standard InChI is InChI=1S/C21H25N3O4S/c1-13(2)20(25)22-17-6-8-18(9-7-17)23-21(26)15-5-10-19-16(12-15)11-14(3)24(19)29(4,27)28/h5-10,12-14H,11H2,1-4H3,(H,22,25)(H,23,26). The molecular formula is C21H25N3O4S. The topological polar surface area (TPSA) is 95.6 Å². The first-order chi connectivity index (χ1) is 13.6. The van der Waals surface area contributed by atoms with Crippen LogP contribution in [0.4, 0.5) is 17.1 Å². The Morgan fingerprint density at radius 1 is 1.03 bits per heavy atom. The fraction of sp³-hybridized carbons (Fsp3) is 0.333. The van der Waals surface area contributed by atoms with Crippen molar-refractivity contribution in [3.05, 3.63) is 53.6 Å². The highest BCUT2D eigenvalue weighted by Crippen LogP contribution is 2.34. The van der Waals surface area contributed by atoms with Crippen LogP contribution in [-0.4, -0.2) is 32.5 Å². The number of carbonyl (C=O) groups excluding carboxylic acids is 2. The van der Waals surface area contributed by atoms with E-state index in [-0.39, 0.29) is 23.8 Å². The summed E-state index contributed by atoms with van der Waals surface area (Å²) in [6.45, 7) is 5.48. The molecule has 29 heavy (non-hydrogen) atoms. The van der Waals surface area contributed by atoms with Crippen LogP contribution >= 0.6 is 0 Å². The van der Waals surface area contributed by atoms with Crippen LogP contribution in [-0.2, 0) is 21.2 Å². The zero-order valence-corrected chi connectivity index (χ0v) is 17.7. The molecule has 0 bridgehead atoms. The van der Waals surface area contributed by atoms with Crippen molar-refractivity contribution in [2.24, 2.45) is 5.92 Å². The molecule has 1 atom stereocenters. The van der Waals surface area contributed by atoms with Crippen LogP contribution in [0.1, 0.15) is 36.7 Å². The fourth-order valence-electron chi connectivity index (χ4n) is 3.38. The van der Waals surface area contributed by atoms with Gasteiger partial charge in [0.05, 0.1) is 11.9 Å². The number of nitrogens with zero attached hydrogens (tertiary/aromatic N) is 1. The zero-order chi connectivity index (χ0) is 21.3. The van der Waals surface area contributed by atoms with E-state index in [1.807, 2.05) is 20.8 Å². The lowest BCUT2D eigenvalue weighted by atomic mass is 10.1. The van der Waals surface area contributed by atoms with Gasteiger partial charge in [-0.05, 0) is 61.4 Å². The second-order valence-corrected chi connectivity index (χ2v) is 9.49. The van der Waals surface area contributed by atoms with Gasteiger partial charge in [0.2, 0.25) is 15.9 Å². The van der Waals surface area contributed by atoms with Crippen LogP contribution in [0.2, 0.25) is 0 Å². The van der Waals surface area contributed by atoms with E-state index in [0.717, 1.165) is 5.56 Å². The van der Waals surface area contributed by atoms with E-state index in [9.17, 15) is 18.0 Å². The van der Waals surface area contributed by atoms with Crippen molar-refractivity contribution in [3.63, 3.8) is 0 Å². The molecular weight excluding hydrogens is 390 g/mol. The number of hydrogen-bond donors (Lipinski definition) is 2. The number of nitrogens with one attached hydrogen (secondary N) is 2. The van der Waals surface area contributed by atoms with Crippen molar-refractivity contribution in [1.29, 1.82) is 0 Å². The fourth-order valence-corrected chi connectivity index (χ4v) is 4.64. The molecule has 3 rings (SSSR count). The summed E-state index contributed by atoms with van der Waals surface area (Å²) in [6.07, 6.45) is 1.75. The molecule has 8 heteroatoms. The average Bonchev–Trinajstić information content (AvgIpc) is 2.98. The molecule has 2 aromatic carbocycles. The van der Waals surface area contributed by atoms with Crippen molar-refractivity contribution in [2.45, 2.75) is 33.2 Å². The molecule has 0 fully saturated rings. The highest BCUT2D eigenvalue weighted by molar-refractivity contribution is 7.92. The van der Waals surface area contributed by atoms with Crippen LogP contribution in [0.25, 0.3) is 0 Å². The summed E-state index contributed by atoms with van der Waals surface area (Å²) in [4.78, 5) is 24.4. The highest BCUT2D eigenvalue weighted by Gasteiger charge is 2.32. The predicted molar refractivity (Wildman–Crippen MR) is 115 cm³/mol. The molecule has 1 aliphatic rings. The summed E-state index contributed by atoms with van der Waals surface area (Å²) in [5.74, 6) is -0.468. The van der Waals surface area contributed by atoms with Crippen molar-refractivity contribution in [1.82, 2.24) is 0 Å². The van der Waals surface area contributed by atoms with Gasteiger partial charge in [-0.2, -0.15) is 0 Å². The summed E-state index contributed by atoms with van der Waals surface area (Å²) >= 11 is 0. The predicted octanol–water partition coefficient (Wildman–Crippen LogP) is 3.24. The third kappa shape index (κ3) is 4.59. The quantitative estimate of drug-likeness (QED) is 0.784. The molecule has 0 aromatic heterocycles. The molecule has 1 aliphatic heterocycles. The number of hydrogen-bond acceptors (Lipinski definition) is 4. The summed E-state index contributed by atoms with van der Waals surface area (Å²) in [5.41, 5.74) is 3.19. The first-order valence-corrected chi connectivity index (χ1v) is 11.3. The molecule has 1 heterocycles. The number of benzene rings is 2. The molecule has 2 N–H and O–H groups in total. The van der Waals surface area contributed by atoms with Crippen LogP contribution in [0.5, 0.6) is 0 Å².